The minimum atomic E-state index is -0.0785. The fourth-order valence-corrected chi connectivity index (χ4v) is 3.21. The number of aromatic nitrogens is 3. The third-order valence-corrected chi connectivity index (χ3v) is 4.93. The number of hydrogen-bond donors (Lipinski definition) is 1. The van der Waals surface area contributed by atoms with Crippen LogP contribution in [0.2, 0.25) is 0 Å². The Morgan fingerprint density at radius 3 is 2.67 bits per heavy atom. The molecule has 0 aliphatic carbocycles. The van der Waals surface area contributed by atoms with E-state index in [0.29, 0.717) is 42.5 Å². The normalized spacial score (nSPS) is 10.6. The van der Waals surface area contributed by atoms with Crippen molar-refractivity contribution in [3.05, 3.63) is 78.4 Å². The highest BCUT2D eigenvalue weighted by Crippen LogP contribution is 2.27. The van der Waals surface area contributed by atoms with Crippen LogP contribution in [0.4, 0.5) is 5.69 Å². The topological polar surface area (TPSA) is 99.4 Å². The molecular weight excluding hydrogens is 420 g/mol. The first kappa shape index (κ1) is 22.0. The number of ether oxygens (including phenoxy) is 2. The Kier molecular flexibility index (Phi) is 6.94. The minimum absolute atomic E-state index is 0.0785. The fourth-order valence-electron chi connectivity index (χ4n) is 3.21. The maximum Gasteiger partial charge on any atom is 0.226 e. The van der Waals surface area contributed by atoms with E-state index in [2.05, 4.69) is 20.4 Å². The second-order valence-electron chi connectivity index (χ2n) is 7.41. The van der Waals surface area contributed by atoms with Gasteiger partial charge in [-0.1, -0.05) is 5.16 Å². The average molecular weight is 444 g/mol. The molecule has 0 aliphatic heterocycles. The van der Waals surface area contributed by atoms with E-state index in [1.54, 1.807) is 19.5 Å². The largest absolute Gasteiger partial charge is 0.497 e. The van der Waals surface area contributed by atoms with Crippen LogP contribution >= 0.6 is 0 Å². The molecule has 2 aromatic heterocycles. The molecule has 8 nitrogen and oxygen atoms in total. The van der Waals surface area contributed by atoms with Crippen LogP contribution in [0.3, 0.4) is 0 Å². The second-order valence-corrected chi connectivity index (χ2v) is 7.41. The molecule has 0 radical (unpaired) electrons. The third-order valence-electron chi connectivity index (χ3n) is 4.93. The quantitative estimate of drug-likeness (QED) is 0.379. The summed E-state index contributed by atoms with van der Waals surface area (Å²) in [5.74, 6) is 3.07. The summed E-state index contributed by atoms with van der Waals surface area (Å²) in [5, 5.41) is 6.93. The molecule has 0 saturated carbocycles. The van der Waals surface area contributed by atoms with Crippen LogP contribution in [-0.2, 0) is 11.2 Å². The first-order chi connectivity index (χ1) is 16.1. The molecule has 0 fully saturated rings. The lowest BCUT2D eigenvalue weighted by Gasteiger charge is -2.11. The molecule has 4 rings (SSSR count). The van der Waals surface area contributed by atoms with Gasteiger partial charge in [-0.2, -0.15) is 4.98 Å². The van der Waals surface area contributed by atoms with Crippen LogP contribution in [-0.4, -0.2) is 28.1 Å². The summed E-state index contributed by atoms with van der Waals surface area (Å²) in [4.78, 5) is 20.8. The van der Waals surface area contributed by atoms with Crippen molar-refractivity contribution < 1.29 is 18.8 Å². The molecule has 4 aromatic rings. The van der Waals surface area contributed by atoms with Crippen LogP contribution in [0.5, 0.6) is 17.2 Å². The molecule has 168 valence electrons. The molecule has 0 atom stereocenters. The smallest absolute Gasteiger partial charge is 0.226 e. The summed E-state index contributed by atoms with van der Waals surface area (Å²) in [5.41, 5.74) is 2.47. The zero-order valence-corrected chi connectivity index (χ0v) is 18.4. The highest BCUT2D eigenvalue weighted by atomic mass is 16.5. The summed E-state index contributed by atoms with van der Waals surface area (Å²) in [7, 11) is 1.62. The van der Waals surface area contributed by atoms with E-state index in [0.717, 1.165) is 22.6 Å². The van der Waals surface area contributed by atoms with E-state index in [-0.39, 0.29) is 5.91 Å². The fraction of sp³-hybridized carbons (Fsp3) is 0.200. The van der Waals surface area contributed by atoms with Crippen LogP contribution in [0.15, 0.2) is 71.5 Å². The van der Waals surface area contributed by atoms with Crippen molar-refractivity contribution >= 4 is 11.6 Å². The first-order valence-corrected chi connectivity index (χ1v) is 10.6. The number of benzene rings is 2. The SMILES string of the molecule is COc1ccc(-c2noc(CCCC(=O)Nc3ccc(Oc4cccnc4)c(C)c3)n2)cc1. The van der Waals surface area contributed by atoms with Crippen LogP contribution in [0, 0.1) is 6.92 Å². The minimum Gasteiger partial charge on any atom is -0.497 e. The Labute approximate surface area is 191 Å². The van der Waals surface area contributed by atoms with E-state index in [4.69, 9.17) is 14.0 Å². The Hall–Kier alpha value is -4.20. The van der Waals surface area contributed by atoms with Gasteiger partial charge in [0.05, 0.1) is 13.3 Å². The number of aryl methyl sites for hydroxylation is 2. The van der Waals surface area contributed by atoms with Gasteiger partial charge in [-0.25, -0.2) is 0 Å². The van der Waals surface area contributed by atoms with Crippen molar-refractivity contribution in [1.29, 1.82) is 0 Å². The van der Waals surface area contributed by atoms with Gasteiger partial charge < -0.3 is 19.3 Å². The van der Waals surface area contributed by atoms with Crippen molar-refractivity contribution in [3.8, 4) is 28.6 Å². The van der Waals surface area contributed by atoms with Crippen molar-refractivity contribution in [2.75, 3.05) is 12.4 Å². The maximum atomic E-state index is 12.3. The number of nitrogens with zero attached hydrogens (tertiary/aromatic N) is 3. The van der Waals surface area contributed by atoms with Crippen LogP contribution < -0.4 is 14.8 Å². The zero-order valence-electron chi connectivity index (χ0n) is 18.4. The molecule has 33 heavy (non-hydrogen) atoms. The monoisotopic (exact) mass is 444 g/mol. The Morgan fingerprint density at radius 1 is 1.09 bits per heavy atom. The number of anilines is 1. The number of carbonyl (C=O) groups excluding carboxylic acids is 1. The van der Waals surface area contributed by atoms with Gasteiger partial charge in [-0.05, 0) is 73.5 Å². The predicted octanol–water partition coefficient (Wildman–Crippen LogP) is 5.20. The number of hydrogen-bond acceptors (Lipinski definition) is 7. The highest BCUT2D eigenvalue weighted by molar-refractivity contribution is 5.90. The molecular formula is C25H24N4O4. The zero-order chi connectivity index (χ0) is 23.0. The van der Waals surface area contributed by atoms with E-state index in [9.17, 15) is 4.79 Å². The summed E-state index contributed by atoms with van der Waals surface area (Å²) >= 11 is 0. The maximum absolute atomic E-state index is 12.3. The molecule has 0 aliphatic rings. The Balaban J connectivity index is 1.26. The highest BCUT2D eigenvalue weighted by Gasteiger charge is 2.11. The number of nitrogens with one attached hydrogen (secondary N) is 1. The summed E-state index contributed by atoms with van der Waals surface area (Å²) in [6.45, 7) is 1.93. The lowest BCUT2D eigenvalue weighted by atomic mass is 10.2. The molecule has 0 bridgehead atoms. The summed E-state index contributed by atoms with van der Waals surface area (Å²) in [6.07, 6.45) is 4.80. The van der Waals surface area contributed by atoms with Gasteiger partial charge in [0, 0.05) is 30.3 Å². The Morgan fingerprint density at radius 2 is 1.94 bits per heavy atom. The molecule has 2 aromatic carbocycles. The van der Waals surface area contributed by atoms with E-state index in [1.807, 2.05) is 61.5 Å². The summed E-state index contributed by atoms with van der Waals surface area (Å²) in [6, 6.07) is 16.6. The van der Waals surface area contributed by atoms with Gasteiger partial charge in [0.25, 0.3) is 0 Å². The average Bonchev–Trinajstić information content (AvgIpc) is 3.30. The number of amides is 1. The van der Waals surface area contributed by atoms with Gasteiger partial charge in [-0.3, -0.25) is 9.78 Å². The molecule has 8 heteroatoms. The number of pyridine rings is 1. The van der Waals surface area contributed by atoms with Crippen molar-refractivity contribution in [2.24, 2.45) is 0 Å². The lowest BCUT2D eigenvalue weighted by molar-refractivity contribution is -0.116. The molecule has 1 amide bonds. The first-order valence-electron chi connectivity index (χ1n) is 10.6. The molecule has 2 heterocycles. The van der Waals surface area contributed by atoms with Gasteiger partial charge in [0.15, 0.2) is 0 Å². The molecule has 1 N–H and O–H groups in total. The number of carbonyl (C=O) groups is 1. The summed E-state index contributed by atoms with van der Waals surface area (Å²) < 4.78 is 16.3. The standard InChI is InChI=1S/C25H24N4O4/c1-17-15-19(10-13-22(17)32-21-5-4-14-26-16-21)27-23(30)6-3-7-24-28-25(29-33-24)18-8-11-20(31-2)12-9-18/h4-5,8-16H,3,6-7H2,1-2H3,(H,27,30). The Bertz CT molecular complexity index is 1210. The van der Waals surface area contributed by atoms with Crippen LogP contribution in [0.25, 0.3) is 11.4 Å². The lowest BCUT2D eigenvalue weighted by Crippen LogP contribution is -2.11. The predicted molar refractivity (Wildman–Crippen MR) is 123 cm³/mol. The van der Waals surface area contributed by atoms with Crippen LogP contribution in [0.1, 0.15) is 24.3 Å². The van der Waals surface area contributed by atoms with Gasteiger partial charge in [-0.15, -0.1) is 0 Å². The van der Waals surface area contributed by atoms with Gasteiger partial charge in [0.1, 0.15) is 17.2 Å². The number of rotatable bonds is 9. The van der Waals surface area contributed by atoms with E-state index < -0.39 is 0 Å². The van der Waals surface area contributed by atoms with E-state index in [1.165, 1.54) is 0 Å². The number of methoxy groups -OCH3 is 1. The van der Waals surface area contributed by atoms with Crippen molar-refractivity contribution in [1.82, 2.24) is 15.1 Å². The molecule has 0 spiro atoms. The van der Waals surface area contributed by atoms with Crippen molar-refractivity contribution in [3.63, 3.8) is 0 Å². The molecule has 0 saturated heterocycles. The van der Waals surface area contributed by atoms with Gasteiger partial charge in [0.2, 0.25) is 17.6 Å². The molecule has 0 unspecified atom stereocenters. The third kappa shape index (κ3) is 5.94. The van der Waals surface area contributed by atoms with Gasteiger partial charge >= 0.3 is 0 Å². The van der Waals surface area contributed by atoms with E-state index >= 15 is 0 Å². The second kappa shape index (κ2) is 10.4. The van der Waals surface area contributed by atoms with Crippen molar-refractivity contribution in [2.45, 2.75) is 26.2 Å².